The molecular formula is C22H30ClN3O3. The van der Waals surface area contributed by atoms with Crippen LogP contribution in [0.4, 0.5) is 0 Å². The van der Waals surface area contributed by atoms with Crippen molar-refractivity contribution in [3.8, 4) is 0 Å². The molecule has 29 heavy (non-hydrogen) atoms. The third kappa shape index (κ3) is 4.60. The van der Waals surface area contributed by atoms with Gasteiger partial charge in [-0.05, 0) is 32.8 Å². The van der Waals surface area contributed by atoms with Crippen molar-refractivity contribution in [3.05, 3.63) is 34.9 Å². The van der Waals surface area contributed by atoms with Crippen LogP contribution in [0.3, 0.4) is 0 Å². The molecule has 2 aliphatic heterocycles. The van der Waals surface area contributed by atoms with Gasteiger partial charge in [0, 0.05) is 54.8 Å². The second-order valence-electron chi connectivity index (χ2n) is 8.99. The molecule has 2 heterocycles. The van der Waals surface area contributed by atoms with Crippen LogP contribution in [0.15, 0.2) is 24.3 Å². The lowest BCUT2D eigenvalue weighted by atomic mass is 9.98. The lowest BCUT2D eigenvalue weighted by Gasteiger charge is -2.46. The van der Waals surface area contributed by atoms with Crippen molar-refractivity contribution in [2.75, 3.05) is 45.9 Å². The van der Waals surface area contributed by atoms with Crippen LogP contribution in [-0.4, -0.2) is 77.9 Å². The number of hydrogen-bond acceptors (Lipinski definition) is 4. The molecule has 2 amide bonds. The van der Waals surface area contributed by atoms with Gasteiger partial charge in [0.05, 0.1) is 19.3 Å². The molecule has 4 rings (SSSR count). The van der Waals surface area contributed by atoms with Crippen molar-refractivity contribution < 1.29 is 14.3 Å². The Morgan fingerprint density at radius 2 is 1.76 bits per heavy atom. The molecule has 0 bridgehead atoms. The number of halogens is 1. The van der Waals surface area contributed by atoms with Gasteiger partial charge in [-0.2, -0.15) is 0 Å². The summed E-state index contributed by atoms with van der Waals surface area (Å²) in [6.07, 6.45) is 1.91. The molecule has 1 saturated carbocycles. The van der Waals surface area contributed by atoms with Gasteiger partial charge >= 0.3 is 0 Å². The van der Waals surface area contributed by atoms with E-state index < -0.39 is 0 Å². The summed E-state index contributed by atoms with van der Waals surface area (Å²) in [6, 6.07) is 7.73. The fraction of sp³-hybridized carbons (Fsp3) is 0.636. The first kappa shape index (κ1) is 20.6. The van der Waals surface area contributed by atoms with Crippen molar-refractivity contribution >= 4 is 23.4 Å². The number of nitrogens with zero attached hydrogens (tertiary/aromatic N) is 3. The third-order valence-corrected chi connectivity index (χ3v) is 6.67. The molecule has 1 atom stereocenters. The first-order valence-corrected chi connectivity index (χ1v) is 10.9. The summed E-state index contributed by atoms with van der Waals surface area (Å²) < 4.78 is 6.09. The minimum absolute atomic E-state index is 0.122. The highest BCUT2D eigenvalue weighted by molar-refractivity contribution is 6.31. The van der Waals surface area contributed by atoms with E-state index in [-0.39, 0.29) is 29.4 Å². The zero-order valence-electron chi connectivity index (χ0n) is 17.3. The number of hydrogen-bond donors (Lipinski definition) is 0. The van der Waals surface area contributed by atoms with Gasteiger partial charge in [0.1, 0.15) is 0 Å². The molecule has 3 aliphatic rings. The topological polar surface area (TPSA) is 53.1 Å². The Morgan fingerprint density at radius 3 is 2.41 bits per heavy atom. The summed E-state index contributed by atoms with van der Waals surface area (Å²) in [7, 11) is 0. The fourth-order valence-electron chi connectivity index (χ4n) is 4.13. The summed E-state index contributed by atoms with van der Waals surface area (Å²) in [5.74, 6) is 0.638. The molecular weight excluding hydrogens is 390 g/mol. The third-order valence-electron chi connectivity index (χ3n) is 6.33. The predicted molar refractivity (Wildman–Crippen MR) is 112 cm³/mol. The second kappa shape index (κ2) is 8.25. The summed E-state index contributed by atoms with van der Waals surface area (Å²) in [4.78, 5) is 31.3. The molecule has 158 valence electrons. The maximum absolute atomic E-state index is 13.0. The van der Waals surface area contributed by atoms with Crippen LogP contribution < -0.4 is 0 Å². The van der Waals surface area contributed by atoms with Crippen molar-refractivity contribution in [2.45, 2.75) is 38.3 Å². The number of rotatable bonds is 4. The van der Waals surface area contributed by atoms with E-state index in [4.69, 9.17) is 16.3 Å². The normalized spacial score (nSPS) is 25.1. The Hall–Kier alpha value is -1.63. The van der Waals surface area contributed by atoms with Crippen molar-refractivity contribution in [1.29, 1.82) is 0 Å². The van der Waals surface area contributed by atoms with E-state index in [2.05, 4.69) is 18.7 Å². The first-order valence-electron chi connectivity index (χ1n) is 10.5. The molecule has 2 saturated heterocycles. The molecule has 1 aliphatic carbocycles. The summed E-state index contributed by atoms with van der Waals surface area (Å²) in [5, 5.41) is 0.694. The molecule has 7 heteroatoms. The number of amides is 2. The van der Waals surface area contributed by atoms with Crippen LogP contribution in [0.2, 0.25) is 5.02 Å². The van der Waals surface area contributed by atoms with Crippen molar-refractivity contribution in [3.63, 3.8) is 0 Å². The van der Waals surface area contributed by atoms with Gasteiger partial charge < -0.3 is 14.5 Å². The molecule has 0 radical (unpaired) electrons. The zero-order chi connectivity index (χ0) is 20.6. The number of piperazine rings is 1. The van der Waals surface area contributed by atoms with Gasteiger partial charge in [-0.15, -0.1) is 0 Å². The summed E-state index contributed by atoms with van der Waals surface area (Å²) in [6.45, 7) is 8.28. The smallest absolute Gasteiger partial charge is 0.236 e. The monoisotopic (exact) mass is 419 g/mol. The van der Waals surface area contributed by atoms with Crippen molar-refractivity contribution in [2.24, 2.45) is 5.92 Å². The Morgan fingerprint density at radius 1 is 1.10 bits per heavy atom. The first-order chi connectivity index (χ1) is 13.8. The van der Waals surface area contributed by atoms with Gasteiger partial charge in [-0.3, -0.25) is 14.5 Å². The fourth-order valence-corrected chi connectivity index (χ4v) is 4.38. The zero-order valence-corrected chi connectivity index (χ0v) is 18.0. The summed E-state index contributed by atoms with van der Waals surface area (Å²) in [5.41, 5.74) is 0.742. The quantitative estimate of drug-likeness (QED) is 0.752. The highest BCUT2D eigenvalue weighted by Gasteiger charge is 2.39. The molecule has 3 fully saturated rings. The predicted octanol–water partition coefficient (Wildman–Crippen LogP) is 2.57. The molecule has 0 N–H and O–H groups in total. The number of ether oxygens (including phenoxy) is 1. The standard InChI is InChI=1S/C22H30ClN3O3/c1-22(2)15-29-19(17-5-3-4-6-18(17)23)13-26(22)14-20(27)24-9-11-25(12-10-24)21(28)16-7-8-16/h3-6,16,19H,7-15H2,1-2H3/t19-/m0/s1. The average Bonchev–Trinajstić information content (AvgIpc) is 3.55. The highest BCUT2D eigenvalue weighted by atomic mass is 35.5. The summed E-state index contributed by atoms with van der Waals surface area (Å²) >= 11 is 6.36. The Bertz CT molecular complexity index is 772. The number of carbonyl (C=O) groups excluding carboxylic acids is 2. The molecule has 0 unspecified atom stereocenters. The SMILES string of the molecule is CC1(C)CO[C@H](c2ccccc2Cl)CN1CC(=O)N1CCN(C(=O)C2CC2)CC1. The number of benzene rings is 1. The van der Waals surface area contributed by atoms with Crippen LogP contribution in [-0.2, 0) is 14.3 Å². The molecule has 1 aromatic carbocycles. The second-order valence-corrected chi connectivity index (χ2v) is 9.40. The highest BCUT2D eigenvalue weighted by Crippen LogP contribution is 2.34. The average molecular weight is 420 g/mol. The van der Waals surface area contributed by atoms with Gasteiger partial charge in [0.15, 0.2) is 0 Å². The molecule has 6 nitrogen and oxygen atoms in total. The minimum Gasteiger partial charge on any atom is -0.370 e. The van der Waals surface area contributed by atoms with E-state index in [1.54, 1.807) is 0 Å². The lowest BCUT2D eigenvalue weighted by Crippen LogP contribution is -2.58. The molecule has 0 aromatic heterocycles. The molecule has 1 aromatic rings. The van der Waals surface area contributed by atoms with E-state index in [0.717, 1.165) is 18.4 Å². The maximum Gasteiger partial charge on any atom is 0.236 e. The maximum atomic E-state index is 13.0. The van der Waals surface area contributed by atoms with Crippen LogP contribution >= 0.6 is 11.6 Å². The lowest BCUT2D eigenvalue weighted by molar-refractivity contribution is -0.146. The van der Waals surface area contributed by atoms with Crippen molar-refractivity contribution in [1.82, 2.24) is 14.7 Å². The van der Waals surface area contributed by atoms with Gasteiger partial charge in [-0.25, -0.2) is 0 Å². The number of carbonyl (C=O) groups is 2. The van der Waals surface area contributed by atoms with E-state index >= 15 is 0 Å². The van der Waals surface area contributed by atoms with Crippen LogP contribution in [0.5, 0.6) is 0 Å². The molecule has 0 spiro atoms. The van der Waals surface area contributed by atoms with Gasteiger partial charge in [0.2, 0.25) is 11.8 Å². The van der Waals surface area contributed by atoms with Crippen LogP contribution in [0, 0.1) is 5.92 Å². The van der Waals surface area contributed by atoms with Crippen LogP contribution in [0.25, 0.3) is 0 Å². The Balaban J connectivity index is 1.36. The van der Waals surface area contributed by atoms with Crippen LogP contribution in [0.1, 0.15) is 38.4 Å². The van der Waals surface area contributed by atoms with E-state index in [1.165, 1.54) is 0 Å². The van der Waals surface area contributed by atoms with E-state index in [1.807, 2.05) is 34.1 Å². The minimum atomic E-state index is -0.225. The number of morpholine rings is 1. The van der Waals surface area contributed by atoms with Gasteiger partial charge in [-0.1, -0.05) is 29.8 Å². The largest absolute Gasteiger partial charge is 0.370 e. The Labute approximate surface area is 177 Å². The van der Waals surface area contributed by atoms with E-state index in [0.29, 0.717) is 50.9 Å². The van der Waals surface area contributed by atoms with E-state index in [9.17, 15) is 9.59 Å². The Kier molecular flexibility index (Phi) is 5.87. The van der Waals surface area contributed by atoms with Gasteiger partial charge in [0.25, 0.3) is 0 Å².